The first-order valence-corrected chi connectivity index (χ1v) is 10.4. The number of nitrogens with zero attached hydrogens (tertiary/aromatic N) is 2. The maximum atomic E-state index is 13.2. The Bertz CT molecular complexity index is 1480. The number of alkyl halides is 3. The van der Waals surface area contributed by atoms with Crippen molar-refractivity contribution in [1.82, 2.24) is 4.98 Å². The van der Waals surface area contributed by atoms with Gasteiger partial charge in [-0.25, -0.2) is 4.99 Å². The van der Waals surface area contributed by atoms with Gasteiger partial charge in [-0.05, 0) is 43.3 Å². The SMILES string of the molecule is COc1cccc(N=c2oc3c(C)ncc(CO)c3cc2C(=O)Nc2cccc(C(F)(F)F)c2)c1. The fraction of sp³-hybridized carbons (Fsp3) is 0.160. The summed E-state index contributed by atoms with van der Waals surface area (Å²) >= 11 is 0. The number of fused-ring (bicyclic) bond motifs is 1. The highest BCUT2D eigenvalue weighted by Gasteiger charge is 2.30. The minimum atomic E-state index is -4.56. The number of hydrogen-bond acceptors (Lipinski definition) is 6. The molecule has 0 saturated carbocycles. The van der Waals surface area contributed by atoms with Crippen molar-refractivity contribution in [2.24, 2.45) is 4.99 Å². The lowest BCUT2D eigenvalue weighted by Gasteiger charge is -2.11. The van der Waals surface area contributed by atoms with Crippen molar-refractivity contribution in [1.29, 1.82) is 0 Å². The summed E-state index contributed by atoms with van der Waals surface area (Å²) in [5.41, 5.74) is 0.570. The van der Waals surface area contributed by atoms with Gasteiger partial charge in [0.05, 0.1) is 30.7 Å². The van der Waals surface area contributed by atoms with Crippen LogP contribution in [0.5, 0.6) is 5.75 Å². The molecule has 4 aromatic rings. The van der Waals surface area contributed by atoms with E-state index in [1.807, 2.05) is 0 Å². The van der Waals surface area contributed by atoms with Crippen LogP contribution in [0, 0.1) is 6.92 Å². The number of aliphatic hydroxyl groups excluding tert-OH is 1. The molecule has 2 aromatic carbocycles. The predicted molar refractivity (Wildman–Crippen MR) is 122 cm³/mol. The van der Waals surface area contributed by atoms with Crippen LogP contribution in [-0.2, 0) is 12.8 Å². The van der Waals surface area contributed by atoms with Crippen molar-refractivity contribution in [2.75, 3.05) is 12.4 Å². The van der Waals surface area contributed by atoms with E-state index in [9.17, 15) is 23.1 Å². The fourth-order valence-electron chi connectivity index (χ4n) is 3.43. The van der Waals surface area contributed by atoms with Crippen LogP contribution >= 0.6 is 0 Å². The number of rotatable bonds is 5. The van der Waals surface area contributed by atoms with Crippen LogP contribution in [-0.4, -0.2) is 23.1 Å². The summed E-state index contributed by atoms with van der Waals surface area (Å²) < 4.78 is 50.5. The number of aromatic nitrogens is 1. The molecule has 0 aliphatic heterocycles. The third-order valence-corrected chi connectivity index (χ3v) is 5.20. The molecule has 10 heteroatoms. The number of aryl methyl sites for hydroxylation is 1. The Labute approximate surface area is 197 Å². The molecule has 0 fully saturated rings. The molecule has 180 valence electrons. The van der Waals surface area contributed by atoms with Crippen molar-refractivity contribution in [2.45, 2.75) is 19.7 Å². The van der Waals surface area contributed by atoms with Crippen LogP contribution in [0.3, 0.4) is 0 Å². The number of halogens is 3. The molecule has 1 amide bonds. The quantitative estimate of drug-likeness (QED) is 0.410. The first-order chi connectivity index (χ1) is 16.7. The predicted octanol–water partition coefficient (Wildman–Crippen LogP) is 5.14. The lowest BCUT2D eigenvalue weighted by molar-refractivity contribution is -0.137. The number of benzene rings is 2. The van der Waals surface area contributed by atoms with Gasteiger partial charge in [0.1, 0.15) is 11.3 Å². The normalized spacial score (nSPS) is 12.1. The molecular weight excluding hydrogens is 463 g/mol. The first-order valence-electron chi connectivity index (χ1n) is 10.4. The molecule has 0 aliphatic carbocycles. The molecule has 0 spiro atoms. The Hall–Kier alpha value is -4.18. The largest absolute Gasteiger partial charge is 0.497 e. The van der Waals surface area contributed by atoms with Gasteiger partial charge < -0.3 is 19.6 Å². The van der Waals surface area contributed by atoms with Crippen LogP contribution in [0.1, 0.15) is 27.2 Å². The van der Waals surface area contributed by atoms with Crippen molar-refractivity contribution >= 4 is 28.3 Å². The summed E-state index contributed by atoms with van der Waals surface area (Å²) in [6.45, 7) is 1.34. The maximum Gasteiger partial charge on any atom is 0.416 e. The number of aliphatic hydroxyl groups is 1. The van der Waals surface area contributed by atoms with Gasteiger partial charge in [0.15, 0.2) is 5.58 Å². The summed E-state index contributed by atoms with van der Waals surface area (Å²) in [6, 6.07) is 12.5. The molecule has 35 heavy (non-hydrogen) atoms. The Kier molecular flexibility index (Phi) is 6.57. The topological polar surface area (TPSA) is 97.0 Å². The van der Waals surface area contributed by atoms with Crippen molar-refractivity contribution in [3.05, 3.63) is 88.7 Å². The van der Waals surface area contributed by atoms with Gasteiger partial charge in [0, 0.05) is 28.9 Å². The van der Waals surface area contributed by atoms with E-state index in [1.165, 1.54) is 31.5 Å². The zero-order valence-corrected chi connectivity index (χ0v) is 18.7. The Morgan fingerprint density at radius 2 is 1.94 bits per heavy atom. The number of anilines is 1. The number of carbonyl (C=O) groups excluding carboxylic acids is 1. The van der Waals surface area contributed by atoms with Crippen molar-refractivity contribution in [3.63, 3.8) is 0 Å². The number of carbonyl (C=O) groups is 1. The van der Waals surface area contributed by atoms with E-state index < -0.39 is 17.6 Å². The molecular formula is C25H20F3N3O4. The zero-order chi connectivity index (χ0) is 25.2. The summed E-state index contributed by atoms with van der Waals surface area (Å²) in [7, 11) is 1.50. The highest BCUT2D eigenvalue weighted by atomic mass is 19.4. The van der Waals surface area contributed by atoms with Crippen LogP contribution in [0.15, 0.2) is 70.2 Å². The second-order valence-corrected chi connectivity index (χ2v) is 7.58. The third kappa shape index (κ3) is 5.17. The van der Waals surface area contributed by atoms with E-state index in [0.717, 1.165) is 12.1 Å². The van der Waals surface area contributed by atoms with E-state index in [0.29, 0.717) is 33.7 Å². The number of hydrogen-bond donors (Lipinski definition) is 2. The molecule has 0 aliphatic rings. The molecule has 0 bridgehead atoms. The molecule has 2 aromatic heterocycles. The van der Waals surface area contributed by atoms with Crippen LogP contribution < -0.4 is 15.6 Å². The van der Waals surface area contributed by atoms with Crippen molar-refractivity contribution in [3.8, 4) is 5.75 Å². The molecule has 4 rings (SSSR count). The Morgan fingerprint density at radius 3 is 2.66 bits per heavy atom. The van der Waals surface area contributed by atoms with Gasteiger partial charge in [-0.1, -0.05) is 12.1 Å². The average Bonchev–Trinajstić information content (AvgIpc) is 2.84. The van der Waals surface area contributed by atoms with Gasteiger partial charge in [0.2, 0.25) is 5.55 Å². The van der Waals surface area contributed by atoms with E-state index in [1.54, 1.807) is 31.2 Å². The summed E-state index contributed by atoms with van der Waals surface area (Å²) in [5.74, 6) is -0.211. The van der Waals surface area contributed by atoms with Gasteiger partial charge >= 0.3 is 6.18 Å². The third-order valence-electron chi connectivity index (χ3n) is 5.20. The summed E-state index contributed by atoms with van der Waals surface area (Å²) in [4.78, 5) is 21.9. The number of ether oxygens (including phenoxy) is 1. The monoisotopic (exact) mass is 483 g/mol. The van der Waals surface area contributed by atoms with E-state index in [4.69, 9.17) is 9.15 Å². The second-order valence-electron chi connectivity index (χ2n) is 7.58. The highest BCUT2D eigenvalue weighted by Crippen LogP contribution is 2.31. The van der Waals surface area contributed by atoms with E-state index in [2.05, 4.69) is 15.3 Å². The van der Waals surface area contributed by atoms with Crippen LogP contribution in [0.25, 0.3) is 11.0 Å². The molecule has 0 saturated heterocycles. The number of nitrogens with one attached hydrogen (secondary N) is 1. The first kappa shape index (κ1) is 24.0. The zero-order valence-electron chi connectivity index (χ0n) is 18.7. The van der Waals surface area contributed by atoms with Crippen molar-refractivity contribution < 1.29 is 32.2 Å². The standard InChI is InChI=1S/C25H20F3N3O4/c1-14-22-20(15(13-32)12-29-14)11-21(24(35-22)31-18-7-4-8-19(10-18)34-2)23(33)30-17-6-3-5-16(9-17)25(26,27)28/h3-12,32H,13H2,1-2H3,(H,30,33). The Morgan fingerprint density at radius 1 is 1.17 bits per heavy atom. The molecule has 2 N–H and O–H groups in total. The number of methoxy groups -OCH3 is 1. The highest BCUT2D eigenvalue weighted by molar-refractivity contribution is 6.05. The molecule has 0 unspecified atom stereocenters. The van der Waals surface area contributed by atoms with Crippen LogP contribution in [0.2, 0.25) is 0 Å². The second kappa shape index (κ2) is 9.59. The molecule has 7 nitrogen and oxygen atoms in total. The molecule has 0 radical (unpaired) electrons. The summed E-state index contributed by atoms with van der Waals surface area (Å²) in [5, 5.41) is 12.6. The smallest absolute Gasteiger partial charge is 0.416 e. The van der Waals surface area contributed by atoms with E-state index >= 15 is 0 Å². The molecule has 2 heterocycles. The lowest BCUT2D eigenvalue weighted by Crippen LogP contribution is -2.22. The molecule has 0 atom stereocenters. The fourth-order valence-corrected chi connectivity index (χ4v) is 3.43. The Balaban J connectivity index is 1.88. The van der Waals surface area contributed by atoms with Gasteiger partial charge in [-0.3, -0.25) is 9.78 Å². The van der Waals surface area contributed by atoms with Gasteiger partial charge in [-0.2, -0.15) is 13.2 Å². The lowest BCUT2D eigenvalue weighted by atomic mass is 10.1. The van der Waals surface area contributed by atoms with Gasteiger partial charge in [-0.15, -0.1) is 0 Å². The van der Waals surface area contributed by atoms with Gasteiger partial charge in [0.25, 0.3) is 5.91 Å². The minimum absolute atomic E-state index is 0.0435. The van der Waals surface area contributed by atoms with Crippen LogP contribution in [0.4, 0.5) is 24.5 Å². The van der Waals surface area contributed by atoms with E-state index in [-0.39, 0.29) is 23.4 Å². The summed E-state index contributed by atoms with van der Waals surface area (Å²) in [6.07, 6.45) is -3.10. The minimum Gasteiger partial charge on any atom is -0.497 e. The number of amides is 1. The maximum absolute atomic E-state index is 13.2. The average molecular weight is 483 g/mol. The number of pyridine rings is 1.